The Hall–Kier alpha value is -1.56. The molecule has 6 heteroatoms. The third kappa shape index (κ3) is 3.50. The number of aliphatic carboxylic acids is 1. The molecule has 0 heterocycles. The Morgan fingerprint density at radius 1 is 1.25 bits per heavy atom. The second-order valence-corrected chi connectivity index (χ2v) is 5.95. The van der Waals surface area contributed by atoms with E-state index in [1.807, 2.05) is 0 Å². The predicted octanol–water partition coefficient (Wildman–Crippen LogP) is 2.40. The highest BCUT2D eigenvalue weighted by Gasteiger charge is 2.27. The zero-order chi connectivity index (χ0) is 14.7. The van der Waals surface area contributed by atoms with Gasteiger partial charge >= 0.3 is 5.97 Å². The molecule has 0 aliphatic heterocycles. The van der Waals surface area contributed by atoms with Crippen LogP contribution in [0, 0.1) is 5.92 Å². The van der Waals surface area contributed by atoms with Gasteiger partial charge < -0.3 is 16.2 Å². The third-order valence-corrected chi connectivity index (χ3v) is 4.34. The largest absolute Gasteiger partial charge is 0.481 e. The number of benzene rings is 1. The molecule has 5 nitrogen and oxygen atoms in total. The fraction of sp³-hybridized carbons (Fsp3) is 0.429. The molecule has 0 unspecified atom stereocenters. The Kier molecular flexibility index (Phi) is 4.65. The van der Waals surface area contributed by atoms with Crippen molar-refractivity contribution in [1.29, 1.82) is 0 Å². The van der Waals surface area contributed by atoms with Crippen LogP contribution in [0.1, 0.15) is 36.0 Å². The molecule has 0 spiro atoms. The van der Waals surface area contributed by atoms with Crippen LogP contribution < -0.4 is 11.1 Å². The van der Waals surface area contributed by atoms with Gasteiger partial charge in [-0.2, -0.15) is 0 Å². The van der Waals surface area contributed by atoms with E-state index < -0.39 is 5.97 Å². The molecule has 1 aromatic rings. The summed E-state index contributed by atoms with van der Waals surface area (Å²) >= 11 is 3.33. The highest BCUT2D eigenvalue weighted by molar-refractivity contribution is 9.10. The maximum atomic E-state index is 12.2. The molecule has 2 rings (SSSR count). The Bertz CT molecular complexity index is 525. The van der Waals surface area contributed by atoms with Crippen LogP contribution in [0.3, 0.4) is 0 Å². The van der Waals surface area contributed by atoms with E-state index in [0.717, 1.165) is 0 Å². The lowest BCUT2D eigenvalue weighted by Crippen LogP contribution is -2.38. The summed E-state index contributed by atoms with van der Waals surface area (Å²) in [6.07, 6.45) is 2.61. The van der Waals surface area contributed by atoms with E-state index in [-0.39, 0.29) is 17.9 Å². The fourth-order valence-electron chi connectivity index (χ4n) is 2.46. The Labute approximate surface area is 125 Å². The number of halogens is 1. The van der Waals surface area contributed by atoms with Crippen molar-refractivity contribution in [2.24, 2.45) is 5.92 Å². The summed E-state index contributed by atoms with van der Waals surface area (Å²) in [6.45, 7) is 0. The molecular weight excluding hydrogens is 324 g/mol. The summed E-state index contributed by atoms with van der Waals surface area (Å²) in [5.74, 6) is -1.20. The summed E-state index contributed by atoms with van der Waals surface area (Å²) < 4.78 is 0.698. The van der Waals surface area contributed by atoms with Gasteiger partial charge in [0, 0.05) is 16.2 Å². The van der Waals surface area contributed by atoms with Crippen molar-refractivity contribution in [3.8, 4) is 0 Å². The number of nitrogens with two attached hydrogens (primary N) is 1. The van der Waals surface area contributed by atoms with Crippen LogP contribution in [0.2, 0.25) is 0 Å². The van der Waals surface area contributed by atoms with E-state index in [1.165, 1.54) is 0 Å². The van der Waals surface area contributed by atoms with Crippen LogP contribution in [-0.4, -0.2) is 23.0 Å². The molecule has 20 heavy (non-hydrogen) atoms. The number of hydrogen-bond acceptors (Lipinski definition) is 3. The van der Waals surface area contributed by atoms with Gasteiger partial charge in [-0.15, -0.1) is 0 Å². The van der Waals surface area contributed by atoms with Gasteiger partial charge in [0.25, 0.3) is 5.91 Å². The van der Waals surface area contributed by atoms with Crippen LogP contribution in [0.5, 0.6) is 0 Å². The van der Waals surface area contributed by atoms with Crippen molar-refractivity contribution in [2.75, 3.05) is 5.73 Å². The lowest BCUT2D eigenvalue weighted by Gasteiger charge is -2.27. The highest BCUT2D eigenvalue weighted by Crippen LogP contribution is 2.25. The molecule has 108 valence electrons. The molecule has 0 atom stereocenters. The first-order chi connectivity index (χ1) is 9.47. The summed E-state index contributed by atoms with van der Waals surface area (Å²) in [4.78, 5) is 23.1. The monoisotopic (exact) mass is 340 g/mol. The second-order valence-electron chi connectivity index (χ2n) is 5.10. The molecule has 1 aromatic carbocycles. The zero-order valence-electron chi connectivity index (χ0n) is 10.9. The molecule has 1 fully saturated rings. The van der Waals surface area contributed by atoms with Gasteiger partial charge in [0.2, 0.25) is 0 Å². The Morgan fingerprint density at radius 2 is 1.90 bits per heavy atom. The number of amides is 1. The molecule has 0 aromatic heterocycles. The minimum atomic E-state index is -0.742. The average molecular weight is 341 g/mol. The number of carbonyl (C=O) groups is 2. The lowest BCUT2D eigenvalue weighted by atomic mass is 9.86. The van der Waals surface area contributed by atoms with Crippen LogP contribution >= 0.6 is 15.9 Å². The summed E-state index contributed by atoms with van der Waals surface area (Å²) in [6, 6.07) is 5.12. The van der Waals surface area contributed by atoms with Gasteiger partial charge in [0.15, 0.2) is 0 Å². The van der Waals surface area contributed by atoms with Crippen molar-refractivity contribution < 1.29 is 14.7 Å². The normalized spacial score (nSPS) is 22.2. The first-order valence-corrected chi connectivity index (χ1v) is 7.35. The molecule has 1 aliphatic rings. The first-order valence-electron chi connectivity index (χ1n) is 6.56. The van der Waals surface area contributed by atoms with E-state index in [1.54, 1.807) is 18.2 Å². The zero-order valence-corrected chi connectivity index (χ0v) is 12.5. The van der Waals surface area contributed by atoms with Crippen molar-refractivity contribution in [2.45, 2.75) is 31.7 Å². The van der Waals surface area contributed by atoms with Crippen molar-refractivity contribution in [3.63, 3.8) is 0 Å². The van der Waals surface area contributed by atoms with Crippen LogP contribution in [-0.2, 0) is 4.79 Å². The number of carboxylic acid groups (broad SMARTS) is 1. The fourth-order valence-corrected chi connectivity index (χ4v) is 2.89. The van der Waals surface area contributed by atoms with Crippen molar-refractivity contribution in [1.82, 2.24) is 5.32 Å². The maximum Gasteiger partial charge on any atom is 0.306 e. The molecule has 1 amide bonds. The van der Waals surface area contributed by atoms with Gasteiger partial charge in [0.1, 0.15) is 0 Å². The smallest absolute Gasteiger partial charge is 0.306 e. The summed E-state index contributed by atoms with van der Waals surface area (Å²) in [5.41, 5.74) is 6.72. The number of hydrogen-bond donors (Lipinski definition) is 3. The summed E-state index contributed by atoms with van der Waals surface area (Å²) in [5, 5.41) is 11.9. The van der Waals surface area contributed by atoms with Gasteiger partial charge in [-0.05, 0) is 59.8 Å². The second kappa shape index (κ2) is 6.26. The summed E-state index contributed by atoms with van der Waals surface area (Å²) in [7, 11) is 0. The van der Waals surface area contributed by atoms with E-state index in [0.29, 0.717) is 41.4 Å². The number of rotatable bonds is 3. The molecule has 4 N–H and O–H groups in total. The molecular formula is C14H17BrN2O3. The maximum absolute atomic E-state index is 12.2. The van der Waals surface area contributed by atoms with Crippen LogP contribution in [0.15, 0.2) is 22.7 Å². The number of anilines is 1. The van der Waals surface area contributed by atoms with Gasteiger partial charge in [-0.3, -0.25) is 9.59 Å². The lowest BCUT2D eigenvalue weighted by molar-refractivity contribution is -0.142. The predicted molar refractivity (Wildman–Crippen MR) is 79.4 cm³/mol. The van der Waals surface area contributed by atoms with Gasteiger partial charge in [0.05, 0.1) is 11.5 Å². The standard InChI is InChI=1S/C14H17BrN2O3/c15-12-6-3-9(16)7-11(12)13(18)17-10-4-1-8(2-5-10)14(19)20/h3,6-8,10H,1-2,4-5,16H2,(H,17,18)(H,19,20). The number of carboxylic acids is 1. The molecule has 1 saturated carbocycles. The quantitative estimate of drug-likeness (QED) is 0.736. The van der Waals surface area contributed by atoms with E-state index in [4.69, 9.17) is 10.8 Å². The number of carbonyl (C=O) groups excluding carboxylic acids is 1. The topological polar surface area (TPSA) is 92.4 Å². The minimum Gasteiger partial charge on any atom is -0.481 e. The average Bonchev–Trinajstić information content (AvgIpc) is 2.42. The Morgan fingerprint density at radius 3 is 2.50 bits per heavy atom. The van der Waals surface area contributed by atoms with E-state index in [9.17, 15) is 9.59 Å². The molecule has 0 bridgehead atoms. The minimum absolute atomic E-state index is 0.0337. The van der Waals surface area contributed by atoms with Crippen LogP contribution in [0.4, 0.5) is 5.69 Å². The third-order valence-electron chi connectivity index (χ3n) is 3.65. The van der Waals surface area contributed by atoms with E-state index >= 15 is 0 Å². The van der Waals surface area contributed by atoms with Gasteiger partial charge in [-0.25, -0.2) is 0 Å². The Balaban J connectivity index is 1.96. The molecule has 0 radical (unpaired) electrons. The number of nitrogen functional groups attached to an aromatic ring is 1. The van der Waals surface area contributed by atoms with Crippen molar-refractivity contribution in [3.05, 3.63) is 28.2 Å². The SMILES string of the molecule is Nc1ccc(Br)c(C(=O)NC2CCC(C(=O)O)CC2)c1. The highest BCUT2D eigenvalue weighted by atomic mass is 79.9. The van der Waals surface area contributed by atoms with Crippen LogP contribution in [0.25, 0.3) is 0 Å². The molecule has 1 aliphatic carbocycles. The molecule has 0 saturated heterocycles. The first kappa shape index (κ1) is 14.8. The number of nitrogens with one attached hydrogen (secondary N) is 1. The van der Waals surface area contributed by atoms with Gasteiger partial charge in [-0.1, -0.05) is 0 Å². The van der Waals surface area contributed by atoms with Crippen molar-refractivity contribution >= 4 is 33.5 Å². The van der Waals surface area contributed by atoms with E-state index in [2.05, 4.69) is 21.2 Å².